The Labute approximate surface area is 185 Å². The standard InChI is InChI=1S/C26H33NO4/c1-29-23-15-13-22(14-16-23)20-30-19-7-10-24(17-12-21-8-3-2-4-9-21)31-26(28)25-11-5-6-18-27-25/h5-6,11-18,21,24H,2-4,7-10,19-20H2,1H3/b17-12+/t24-/m0/s1. The Bertz CT molecular complexity index is 798. The lowest BCUT2D eigenvalue weighted by Crippen LogP contribution is -2.18. The third-order valence-corrected chi connectivity index (χ3v) is 5.59. The second kappa shape index (κ2) is 12.9. The molecule has 0 aliphatic heterocycles. The maximum atomic E-state index is 12.5. The number of benzene rings is 1. The van der Waals surface area contributed by atoms with Gasteiger partial charge in [0, 0.05) is 12.8 Å². The minimum atomic E-state index is -0.377. The first kappa shape index (κ1) is 23.0. The molecule has 1 fully saturated rings. The van der Waals surface area contributed by atoms with Crippen molar-refractivity contribution in [3.63, 3.8) is 0 Å². The highest BCUT2D eigenvalue weighted by atomic mass is 16.5. The number of rotatable bonds is 11. The molecular weight excluding hydrogens is 390 g/mol. The summed E-state index contributed by atoms with van der Waals surface area (Å²) in [7, 11) is 1.66. The largest absolute Gasteiger partial charge is 0.497 e. The Kier molecular flexibility index (Phi) is 9.58. The molecule has 5 nitrogen and oxygen atoms in total. The van der Waals surface area contributed by atoms with Gasteiger partial charge in [-0.1, -0.05) is 43.5 Å². The van der Waals surface area contributed by atoms with Crippen LogP contribution in [-0.4, -0.2) is 30.8 Å². The maximum Gasteiger partial charge on any atom is 0.357 e. The van der Waals surface area contributed by atoms with Crippen LogP contribution in [0, 0.1) is 5.92 Å². The van der Waals surface area contributed by atoms with E-state index in [1.165, 1.54) is 32.1 Å². The number of carbonyl (C=O) groups is 1. The van der Waals surface area contributed by atoms with Gasteiger partial charge in [0.15, 0.2) is 0 Å². The second-order valence-corrected chi connectivity index (χ2v) is 7.98. The molecule has 0 spiro atoms. The molecule has 0 bridgehead atoms. The molecule has 1 aliphatic rings. The molecule has 0 amide bonds. The van der Waals surface area contributed by atoms with Gasteiger partial charge in [0.25, 0.3) is 0 Å². The van der Waals surface area contributed by atoms with Crippen molar-refractivity contribution in [2.45, 2.75) is 57.7 Å². The van der Waals surface area contributed by atoms with Crippen molar-refractivity contribution in [1.29, 1.82) is 0 Å². The predicted octanol–water partition coefficient (Wildman–Crippen LogP) is 5.75. The van der Waals surface area contributed by atoms with Crippen LogP contribution in [0.3, 0.4) is 0 Å². The summed E-state index contributed by atoms with van der Waals surface area (Å²) in [5, 5.41) is 0. The van der Waals surface area contributed by atoms with Crippen LogP contribution in [0.15, 0.2) is 60.8 Å². The molecule has 1 aliphatic carbocycles. The summed E-state index contributed by atoms with van der Waals surface area (Å²) in [6.45, 7) is 1.17. The second-order valence-electron chi connectivity index (χ2n) is 7.98. The minimum Gasteiger partial charge on any atom is -0.497 e. The van der Waals surface area contributed by atoms with Gasteiger partial charge < -0.3 is 14.2 Å². The molecular formula is C26H33NO4. The first-order valence-electron chi connectivity index (χ1n) is 11.3. The van der Waals surface area contributed by atoms with Crippen molar-refractivity contribution in [2.75, 3.05) is 13.7 Å². The molecule has 0 N–H and O–H groups in total. The van der Waals surface area contributed by atoms with Crippen molar-refractivity contribution in [3.8, 4) is 5.75 Å². The van der Waals surface area contributed by atoms with Crippen LogP contribution in [0.25, 0.3) is 0 Å². The van der Waals surface area contributed by atoms with E-state index in [1.807, 2.05) is 24.3 Å². The van der Waals surface area contributed by atoms with Crippen LogP contribution >= 0.6 is 0 Å². The quantitative estimate of drug-likeness (QED) is 0.262. The van der Waals surface area contributed by atoms with Crippen LogP contribution in [0.2, 0.25) is 0 Å². The number of nitrogens with zero attached hydrogens (tertiary/aromatic N) is 1. The molecule has 3 rings (SSSR count). The monoisotopic (exact) mass is 423 g/mol. The smallest absolute Gasteiger partial charge is 0.357 e. The molecule has 2 aromatic rings. The van der Waals surface area contributed by atoms with E-state index in [1.54, 1.807) is 31.5 Å². The van der Waals surface area contributed by atoms with Gasteiger partial charge in [0.05, 0.1) is 13.7 Å². The van der Waals surface area contributed by atoms with E-state index in [2.05, 4.69) is 17.1 Å². The fourth-order valence-electron chi connectivity index (χ4n) is 3.78. The van der Waals surface area contributed by atoms with Gasteiger partial charge in [-0.15, -0.1) is 0 Å². The molecule has 0 saturated heterocycles. The average molecular weight is 424 g/mol. The number of hydrogen-bond donors (Lipinski definition) is 0. The van der Waals surface area contributed by atoms with Gasteiger partial charge in [0.2, 0.25) is 0 Å². The highest BCUT2D eigenvalue weighted by Gasteiger charge is 2.16. The number of pyridine rings is 1. The number of esters is 1. The number of methoxy groups -OCH3 is 1. The third kappa shape index (κ3) is 8.18. The number of hydrogen-bond acceptors (Lipinski definition) is 5. The van der Waals surface area contributed by atoms with Gasteiger partial charge in [-0.25, -0.2) is 9.78 Å². The Hall–Kier alpha value is -2.66. The van der Waals surface area contributed by atoms with E-state index in [4.69, 9.17) is 14.2 Å². The Morgan fingerprint density at radius 3 is 2.65 bits per heavy atom. The van der Waals surface area contributed by atoms with Gasteiger partial charge in [-0.2, -0.15) is 0 Å². The molecule has 31 heavy (non-hydrogen) atoms. The maximum absolute atomic E-state index is 12.5. The van der Waals surface area contributed by atoms with E-state index < -0.39 is 0 Å². The van der Waals surface area contributed by atoms with Gasteiger partial charge >= 0.3 is 5.97 Å². The zero-order chi connectivity index (χ0) is 21.7. The van der Waals surface area contributed by atoms with E-state index in [-0.39, 0.29) is 12.1 Å². The van der Waals surface area contributed by atoms with Gasteiger partial charge in [-0.3, -0.25) is 0 Å². The predicted molar refractivity (Wildman–Crippen MR) is 121 cm³/mol. The zero-order valence-electron chi connectivity index (χ0n) is 18.4. The molecule has 0 radical (unpaired) electrons. The fraction of sp³-hybridized carbons (Fsp3) is 0.462. The summed E-state index contributed by atoms with van der Waals surface area (Å²) in [6.07, 6.45) is 13.5. The topological polar surface area (TPSA) is 57.7 Å². The SMILES string of the molecule is COc1ccc(COCCC[C@@H](/C=C/C2CCCCC2)OC(=O)c2ccccn2)cc1. The van der Waals surface area contributed by atoms with E-state index in [9.17, 15) is 4.79 Å². The number of ether oxygens (including phenoxy) is 3. The lowest BCUT2D eigenvalue weighted by atomic mass is 9.89. The Morgan fingerprint density at radius 2 is 1.94 bits per heavy atom. The molecule has 0 unspecified atom stereocenters. The normalized spacial score (nSPS) is 15.6. The summed E-state index contributed by atoms with van der Waals surface area (Å²) in [4.78, 5) is 16.6. The number of carbonyl (C=O) groups excluding carboxylic acids is 1. The summed E-state index contributed by atoms with van der Waals surface area (Å²) in [5.74, 6) is 1.06. The summed E-state index contributed by atoms with van der Waals surface area (Å²) < 4.78 is 16.7. The summed E-state index contributed by atoms with van der Waals surface area (Å²) in [6, 6.07) is 13.1. The lowest BCUT2D eigenvalue weighted by molar-refractivity contribution is 0.0341. The zero-order valence-corrected chi connectivity index (χ0v) is 18.4. The highest BCUT2D eigenvalue weighted by molar-refractivity contribution is 5.87. The van der Waals surface area contributed by atoms with Crippen molar-refractivity contribution in [3.05, 3.63) is 72.1 Å². The average Bonchev–Trinajstić information content (AvgIpc) is 2.83. The fourth-order valence-corrected chi connectivity index (χ4v) is 3.78. The first-order chi connectivity index (χ1) is 15.2. The van der Waals surface area contributed by atoms with E-state index in [0.29, 0.717) is 24.8 Å². The van der Waals surface area contributed by atoms with Crippen molar-refractivity contribution in [2.24, 2.45) is 5.92 Å². The van der Waals surface area contributed by atoms with Crippen molar-refractivity contribution >= 4 is 5.97 Å². The van der Waals surface area contributed by atoms with Crippen LogP contribution in [0.5, 0.6) is 5.75 Å². The molecule has 1 aromatic heterocycles. The van der Waals surface area contributed by atoms with Crippen LogP contribution in [-0.2, 0) is 16.1 Å². The Balaban J connectivity index is 1.47. The molecule has 5 heteroatoms. The minimum absolute atomic E-state index is 0.263. The lowest BCUT2D eigenvalue weighted by Gasteiger charge is -2.19. The number of aromatic nitrogens is 1. The van der Waals surface area contributed by atoms with E-state index in [0.717, 1.165) is 24.2 Å². The molecule has 1 saturated carbocycles. The van der Waals surface area contributed by atoms with E-state index >= 15 is 0 Å². The van der Waals surface area contributed by atoms with Crippen LogP contribution < -0.4 is 4.74 Å². The number of allylic oxidation sites excluding steroid dienone is 1. The van der Waals surface area contributed by atoms with Crippen molar-refractivity contribution in [1.82, 2.24) is 4.98 Å². The van der Waals surface area contributed by atoms with Crippen LogP contribution in [0.1, 0.15) is 61.0 Å². The molecule has 1 aromatic carbocycles. The molecule has 1 atom stereocenters. The van der Waals surface area contributed by atoms with Gasteiger partial charge in [0.1, 0.15) is 17.5 Å². The summed E-state index contributed by atoms with van der Waals surface area (Å²) >= 11 is 0. The summed E-state index contributed by atoms with van der Waals surface area (Å²) in [5.41, 5.74) is 1.45. The first-order valence-corrected chi connectivity index (χ1v) is 11.3. The molecule has 166 valence electrons. The molecule has 1 heterocycles. The third-order valence-electron chi connectivity index (χ3n) is 5.59. The Morgan fingerprint density at radius 1 is 1.13 bits per heavy atom. The highest BCUT2D eigenvalue weighted by Crippen LogP contribution is 2.25. The van der Waals surface area contributed by atoms with Crippen molar-refractivity contribution < 1.29 is 19.0 Å². The van der Waals surface area contributed by atoms with Gasteiger partial charge in [-0.05, 0) is 67.5 Å². The van der Waals surface area contributed by atoms with Crippen LogP contribution in [0.4, 0.5) is 0 Å².